The van der Waals surface area contributed by atoms with Crippen molar-refractivity contribution in [3.05, 3.63) is 0 Å². The van der Waals surface area contributed by atoms with Crippen LogP contribution in [0.4, 0.5) is 0 Å². The molecule has 2 amide bonds. The van der Waals surface area contributed by atoms with Crippen molar-refractivity contribution in [3.8, 4) is 0 Å². The minimum absolute atomic E-state index is 0.0227. The van der Waals surface area contributed by atoms with Gasteiger partial charge in [-0.05, 0) is 12.8 Å². The molecule has 6 nitrogen and oxygen atoms in total. The van der Waals surface area contributed by atoms with E-state index in [1.165, 1.54) is 18.5 Å². The lowest BCUT2D eigenvalue weighted by Crippen LogP contribution is -2.56. The summed E-state index contributed by atoms with van der Waals surface area (Å²) in [5, 5.41) is 1.31. The van der Waals surface area contributed by atoms with E-state index in [-0.39, 0.29) is 30.7 Å². The Morgan fingerprint density at radius 1 is 1.21 bits per heavy atom. The van der Waals surface area contributed by atoms with E-state index in [0.717, 1.165) is 25.7 Å². The van der Waals surface area contributed by atoms with Gasteiger partial charge in [-0.1, -0.05) is 19.3 Å². The van der Waals surface area contributed by atoms with E-state index in [0.29, 0.717) is 0 Å². The molecular formula is C13H20N2O4. The number of hydrogen-bond acceptors (Lipinski definition) is 4. The van der Waals surface area contributed by atoms with E-state index >= 15 is 0 Å². The van der Waals surface area contributed by atoms with E-state index in [1.807, 2.05) is 0 Å². The number of hydrazine groups is 1. The lowest BCUT2D eigenvalue weighted by atomic mass is 9.88. The van der Waals surface area contributed by atoms with Gasteiger partial charge in [-0.2, -0.15) is 0 Å². The second-order valence-corrected chi connectivity index (χ2v) is 5.24. The molecule has 0 bridgehead atoms. The first-order valence-corrected chi connectivity index (χ1v) is 6.80. The second-order valence-electron chi connectivity index (χ2n) is 5.24. The molecule has 2 fully saturated rings. The van der Waals surface area contributed by atoms with Crippen LogP contribution in [0.1, 0.15) is 38.5 Å². The summed E-state index contributed by atoms with van der Waals surface area (Å²) >= 11 is 0. The molecule has 0 aromatic rings. The molecule has 2 rings (SSSR count). The molecule has 1 unspecified atom stereocenters. The van der Waals surface area contributed by atoms with Crippen LogP contribution >= 0.6 is 0 Å². The van der Waals surface area contributed by atoms with Crippen LogP contribution in [0.25, 0.3) is 0 Å². The van der Waals surface area contributed by atoms with Crippen LogP contribution in [-0.4, -0.2) is 36.4 Å². The summed E-state index contributed by atoms with van der Waals surface area (Å²) in [7, 11) is 1.29. The smallest absolute Gasteiger partial charge is 0.311 e. The standard InChI is InChI=1S/C13H20N2O4/c1-19-13(18)10-7-11(16)14-15(8-10)12(17)9-5-3-2-4-6-9/h9-10H,2-8H2,1H3,(H,14,16). The number of methoxy groups -OCH3 is 1. The first-order valence-electron chi connectivity index (χ1n) is 6.80. The van der Waals surface area contributed by atoms with Crippen molar-refractivity contribution < 1.29 is 19.1 Å². The Bertz CT molecular complexity index is 377. The molecule has 2 aliphatic rings. The van der Waals surface area contributed by atoms with Gasteiger partial charge in [0.2, 0.25) is 11.8 Å². The van der Waals surface area contributed by atoms with Gasteiger partial charge in [-0.3, -0.25) is 24.8 Å². The highest BCUT2D eigenvalue weighted by molar-refractivity contribution is 5.88. The molecule has 1 N–H and O–H groups in total. The van der Waals surface area contributed by atoms with E-state index in [4.69, 9.17) is 0 Å². The van der Waals surface area contributed by atoms with E-state index in [1.54, 1.807) is 0 Å². The van der Waals surface area contributed by atoms with Crippen LogP contribution in [0.3, 0.4) is 0 Å². The predicted molar refractivity (Wildman–Crippen MR) is 66.6 cm³/mol. The Kier molecular flexibility index (Phi) is 4.39. The predicted octanol–water partition coefficient (Wildman–Crippen LogP) is 0.619. The summed E-state index contributed by atoms with van der Waals surface area (Å²) in [6.45, 7) is 0.216. The van der Waals surface area contributed by atoms with Crippen LogP contribution in [0.5, 0.6) is 0 Å². The molecule has 0 aromatic heterocycles. The number of ether oxygens (including phenoxy) is 1. The van der Waals surface area contributed by atoms with Crippen molar-refractivity contribution in [2.75, 3.05) is 13.7 Å². The molecule has 1 atom stereocenters. The fourth-order valence-corrected chi connectivity index (χ4v) is 2.79. The number of carbonyl (C=O) groups is 3. The molecular weight excluding hydrogens is 248 g/mol. The number of esters is 1. The van der Waals surface area contributed by atoms with Crippen LogP contribution < -0.4 is 5.43 Å². The van der Waals surface area contributed by atoms with Gasteiger partial charge in [0, 0.05) is 12.3 Å². The monoisotopic (exact) mass is 268 g/mol. The summed E-state index contributed by atoms with van der Waals surface area (Å²) in [4.78, 5) is 35.4. The summed E-state index contributed by atoms with van der Waals surface area (Å²) in [5.74, 6) is -1.37. The fraction of sp³-hybridized carbons (Fsp3) is 0.769. The third-order valence-electron chi connectivity index (χ3n) is 3.85. The van der Waals surface area contributed by atoms with Gasteiger partial charge < -0.3 is 4.74 Å². The van der Waals surface area contributed by atoms with Crippen LogP contribution in [0, 0.1) is 11.8 Å². The highest BCUT2D eigenvalue weighted by Crippen LogP contribution is 2.26. The fourth-order valence-electron chi connectivity index (χ4n) is 2.79. The molecule has 106 valence electrons. The van der Waals surface area contributed by atoms with Crippen molar-refractivity contribution in [1.29, 1.82) is 0 Å². The van der Waals surface area contributed by atoms with Crippen molar-refractivity contribution in [1.82, 2.24) is 10.4 Å². The Morgan fingerprint density at radius 3 is 2.53 bits per heavy atom. The van der Waals surface area contributed by atoms with Gasteiger partial charge >= 0.3 is 5.97 Å². The molecule has 1 saturated carbocycles. The quantitative estimate of drug-likeness (QED) is 0.745. The highest BCUT2D eigenvalue weighted by Gasteiger charge is 2.35. The van der Waals surface area contributed by atoms with E-state index in [2.05, 4.69) is 10.2 Å². The van der Waals surface area contributed by atoms with Gasteiger partial charge in [0.1, 0.15) is 0 Å². The van der Waals surface area contributed by atoms with Gasteiger partial charge in [0.05, 0.1) is 19.6 Å². The lowest BCUT2D eigenvalue weighted by Gasteiger charge is -2.34. The Balaban J connectivity index is 2.00. The molecule has 19 heavy (non-hydrogen) atoms. The maximum atomic E-state index is 12.3. The molecule has 1 saturated heterocycles. The van der Waals surface area contributed by atoms with Gasteiger partial charge in [-0.25, -0.2) is 0 Å². The first-order chi connectivity index (χ1) is 9.11. The zero-order valence-electron chi connectivity index (χ0n) is 11.2. The third kappa shape index (κ3) is 3.24. The lowest BCUT2D eigenvalue weighted by molar-refractivity contribution is -0.158. The zero-order valence-corrected chi connectivity index (χ0v) is 11.2. The third-order valence-corrected chi connectivity index (χ3v) is 3.85. The van der Waals surface area contributed by atoms with E-state index < -0.39 is 11.9 Å². The molecule has 1 heterocycles. The zero-order chi connectivity index (χ0) is 13.8. The maximum Gasteiger partial charge on any atom is 0.311 e. The normalized spacial score (nSPS) is 24.8. The minimum atomic E-state index is -0.550. The van der Waals surface area contributed by atoms with Crippen molar-refractivity contribution in [2.45, 2.75) is 38.5 Å². The summed E-state index contributed by atoms with van der Waals surface area (Å²) in [6, 6.07) is 0. The van der Waals surface area contributed by atoms with Gasteiger partial charge in [0.25, 0.3) is 0 Å². The van der Waals surface area contributed by atoms with Crippen LogP contribution in [0.15, 0.2) is 0 Å². The number of rotatable bonds is 2. The average molecular weight is 268 g/mol. The maximum absolute atomic E-state index is 12.3. The molecule has 1 aliphatic heterocycles. The summed E-state index contributed by atoms with van der Waals surface area (Å²) in [5.41, 5.74) is 2.56. The molecule has 0 spiro atoms. The molecule has 0 radical (unpaired) electrons. The average Bonchev–Trinajstić information content (AvgIpc) is 2.45. The number of amides is 2. The largest absolute Gasteiger partial charge is 0.469 e. The van der Waals surface area contributed by atoms with Crippen LogP contribution in [-0.2, 0) is 19.1 Å². The van der Waals surface area contributed by atoms with Gasteiger partial charge in [-0.15, -0.1) is 0 Å². The second kappa shape index (κ2) is 6.04. The molecule has 0 aromatic carbocycles. The number of nitrogens with zero attached hydrogens (tertiary/aromatic N) is 1. The molecule has 1 aliphatic carbocycles. The number of carbonyl (C=O) groups excluding carboxylic acids is 3. The van der Waals surface area contributed by atoms with Crippen molar-refractivity contribution in [3.63, 3.8) is 0 Å². The summed E-state index contributed by atoms with van der Waals surface area (Å²) < 4.78 is 4.65. The number of nitrogens with one attached hydrogen (secondary N) is 1. The van der Waals surface area contributed by atoms with Gasteiger partial charge in [0.15, 0.2) is 0 Å². The molecule has 6 heteroatoms. The summed E-state index contributed by atoms with van der Waals surface area (Å²) in [6.07, 6.45) is 5.10. The van der Waals surface area contributed by atoms with Crippen molar-refractivity contribution >= 4 is 17.8 Å². The highest BCUT2D eigenvalue weighted by atomic mass is 16.5. The topological polar surface area (TPSA) is 75.7 Å². The van der Waals surface area contributed by atoms with Crippen LogP contribution in [0.2, 0.25) is 0 Å². The van der Waals surface area contributed by atoms with E-state index in [9.17, 15) is 14.4 Å². The number of hydrogen-bond donors (Lipinski definition) is 1. The van der Waals surface area contributed by atoms with Crippen molar-refractivity contribution in [2.24, 2.45) is 11.8 Å². The Morgan fingerprint density at radius 2 is 1.89 bits per heavy atom. The SMILES string of the molecule is COC(=O)C1CC(=O)NN(C(=O)C2CCCCC2)C1. The minimum Gasteiger partial charge on any atom is -0.469 e. The first kappa shape index (κ1) is 13.8. The Labute approximate surface area is 112 Å². The Hall–Kier alpha value is -1.59.